The van der Waals surface area contributed by atoms with E-state index in [-0.39, 0.29) is 0 Å². The fourth-order valence-corrected chi connectivity index (χ4v) is 4.38. The Morgan fingerprint density at radius 2 is 2.00 bits per heavy atom. The van der Waals surface area contributed by atoms with E-state index in [1.165, 1.54) is 31.2 Å². The van der Waals surface area contributed by atoms with Crippen LogP contribution in [0.3, 0.4) is 0 Å². The summed E-state index contributed by atoms with van der Waals surface area (Å²) in [4.78, 5) is 0. The van der Waals surface area contributed by atoms with Gasteiger partial charge >= 0.3 is 0 Å². The summed E-state index contributed by atoms with van der Waals surface area (Å²) in [5, 5.41) is 3.54. The van der Waals surface area contributed by atoms with Gasteiger partial charge in [0.2, 0.25) is 0 Å². The molecule has 1 aromatic carbocycles. The first kappa shape index (κ1) is 13.7. The van der Waals surface area contributed by atoms with Gasteiger partial charge in [0, 0.05) is 17.7 Å². The lowest BCUT2D eigenvalue weighted by Crippen LogP contribution is -2.29. The summed E-state index contributed by atoms with van der Waals surface area (Å²) in [6.45, 7) is 0. The Hall–Kier alpha value is -1.22. The van der Waals surface area contributed by atoms with Crippen molar-refractivity contribution in [2.75, 3.05) is 21.3 Å². The summed E-state index contributed by atoms with van der Waals surface area (Å²) in [5.74, 6) is 4.40. The van der Waals surface area contributed by atoms with E-state index in [1.807, 2.05) is 12.1 Å². The van der Waals surface area contributed by atoms with Crippen LogP contribution in [0.4, 0.5) is 0 Å². The van der Waals surface area contributed by atoms with Crippen molar-refractivity contribution < 1.29 is 9.47 Å². The Balaban J connectivity index is 1.89. The normalized spacial score (nSPS) is 29.4. The summed E-state index contributed by atoms with van der Waals surface area (Å²) in [6.07, 6.45) is 5.65. The molecule has 110 valence electrons. The lowest BCUT2D eigenvalue weighted by Gasteiger charge is -2.31. The van der Waals surface area contributed by atoms with Crippen LogP contribution in [0, 0.1) is 17.8 Å². The monoisotopic (exact) mass is 275 g/mol. The van der Waals surface area contributed by atoms with Gasteiger partial charge in [-0.2, -0.15) is 0 Å². The lowest BCUT2D eigenvalue weighted by atomic mass is 9.80. The molecule has 0 spiro atoms. The van der Waals surface area contributed by atoms with Crippen molar-refractivity contribution in [3.63, 3.8) is 0 Å². The molecule has 4 unspecified atom stereocenters. The Kier molecular flexibility index (Phi) is 3.88. The van der Waals surface area contributed by atoms with E-state index in [2.05, 4.69) is 18.4 Å². The Bertz CT molecular complexity index is 474. The highest BCUT2D eigenvalue weighted by molar-refractivity contribution is 5.43. The SMILES string of the molecule is CNC(c1ccc(OC)cc1OC)C1CC2CCC1C2. The second-order valence-electron chi connectivity index (χ2n) is 6.21. The van der Waals surface area contributed by atoms with Crippen molar-refractivity contribution in [3.05, 3.63) is 23.8 Å². The van der Waals surface area contributed by atoms with Crippen LogP contribution in [-0.4, -0.2) is 21.3 Å². The number of fused-ring (bicyclic) bond motifs is 2. The number of rotatable bonds is 5. The predicted octanol–water partition coefficient (Wildman–Crippen LogP) is 3.40. The van der Waals surface area contributed by atoms with Crippen LogP contribution in [0.2, 0.25) is 0 Å². The second kappa shape index (κ2) is 5.65. The van der Waals surface area contributed by atoms with Crippen LogP contribution in [0.1, 0.15) is 37.3 Å². The maximum atomic E-state index is 5.59. The molecule has 2 aliphatic carbocycles. The molecule has 4 atom stereocenters. The molecule has 2 saturated carbocycles. The van der Waals surface area contributed by atoms with Crippen molar-refractivity contribution in [3.8, 4) is 11.5 Å². The molecule has 3 rings (SSSR count). The third-order valence-electron chi connectivity index (χ3n) is 5.31. The van der Waals surface area contributed by atoms with Crippen molar-refractivity contribution >= 4 is 0 Å². The third-order valence-corrected chi connectivity index (χ3v) is 5.31. The number of methoxy groups -OCH3 is 2. The van der Waals surface area contributed by atoms with Crippen molar-refractivity contribution in [2.24, 2.45) is 17.8 Å². The van der Waals surface area contributed by atoms with Gasteiger partial charge in [-0.05, 0) is 50.1 Å². The number of nitrogens with one attached hydrogen (secondary N) is 1. The summed E-state index contributed by atoms with van der Waals surface area (Å²) < 4.78 is 10.9. The molecule has 0 saturated heterocycles. The van der Waals surface area contributed by atoms with Crippen LogP contribution >= 0.6 is 0 Å². The Morgan fingerprint density at radius 3 is 2.55 bits per heavy atom. The zero-order valence-electron chi connectivity index (χ0n) is 12.7. The molecule has 0 heterocycles. The zero-order valence-corrected chi connectivity index (χ0v) is 12.7. The Morgan fingerprint density at radius 1 is 1.15 bits per heavy atom. The second-order valence-corrected chi connectivity index (χ2v) is 6.21. The fourth-order valence-electron chi connectivity index (χ4n) is 4.38. The summed E-state index contributed by atoms with van der Waals surface area (Å²) in [7, 11) is 5.51. The third kappa shape index (κ3) is 2.28. The molecule has 20 heavy (non-hydrogen) atoms. The molecule has 2 aliphatic rings. The molecule has 0 aromatic heterocycles. The highest BCUT2D eigenvalue weighted by Gasteiger charge is 2.43. The van der Waals surface area contributed by atoms with Crippen LogP contribution in [0.25, 0.3) is 0 Å². The maximum absolute atomic E-state index is 5.59. The molecule has 2 fully saturated rings. The molecular formula is C17H25NO2. The van der Waals surface area contributed by atoms with Gasteiger partial charge in [-0.25, -0.2) is 0 Å². The van der Waals surface area contributed by atoms with Crippen LogP contribution in [0.15, 0.2) is 18.2 Å². The van der Waals surface area contributed by atoms with E-state index in [9.17, 15) is 0 Å². The molecule has 0 aliphatic heterocycles. The van der Waals surface area contributed by atoms with Crippen molar-refractivity contribution in [1.82, 2.24) is 5.32 Å². The first-order valence-electron chi connectivity index (χ1n) is 7.66. The largest absolute Gasteiger partial charge is 0.497 e. The van der Waals surface area contributed by atoms with Gasteiger partial charge in [-0.15, -0.1) is 0 Å². The summed E-state index contributed by atoms with van der Waals surface area (Å²) in [5.41, 5.74) is 1.27. The summed E-state index contributed by atoms with van der Waals surface area (Å²) in [6, 6.07) is 6.58. The fraction of sp³-hybridized carbons (Fsp3) is 0.647. The highest BCUT2D eigenvalue weighted by Crippen LogP contribution is 2.53. The number of hydrogen-bond acceptors (Lipinski definition) is 3. The molecule has 1 aromatic rings. The molecule has 1 N–H and O–H groups in total. The smallest absolute Gasteiger partial charge is 0.127 e. The van der Waals surface area contributed by atoms with Gasteiger partial charge in [-0.3, -0.25) is 0 Å². The molecular weight excluding hydrogens is 250 g/mol. The number of hydrogen-bond donors (Lipinski definition) is 1. The minimum Gasteiger partial charge on any atom is -0.497 e. The van der Waals surface area contributed by atoms with Crippen LogP contribution < -0.4 is 14.8 Å². The van der Waals surface area contributed by atoms with E-state index in [4.69, 9.17) is 9.47 Å². The van der Waals surface area contributed by atoms with E-state index in [0.717, 1.165) is 29.3 Å². The van der Waals surface area contributed by atoms with E-state index in [1.54, 1.807) is 14.2 Å². The quantitative estimate of drug-likeness (QED) is 0.893. The molecule has 2 bridgehead atoms. The maximum Gasteiger partial charge on any atom is 0.127 e. The van der Waals surface area contributed by atoms with Gasteiger partial charge in [0.1, 0.15) is 11.5 Å². The first-order chi connectivity index (χ1) is 9.76. The minimum absolute atomic E-state index is 0.395. The number of ether oxygens (including phenoxy) is 2. The van der Waals surface area contributed by atoms with Crippen LogP contribution in [-0.2, 0) is 0 Å². The highest BCUT2D eigenvalue weighted by atomic mass is 16.5. The average molecular weight is 275 g/mol. The minimum atomic E-state index is 0.395. The Labute approximate surface area is 121 Å². The van der Waals surface area contributed by atoms with Gasteiger partial charge in [0.15, 0.2) is 0 Å². The molecule has 3 heteroatoms. The van der Waals surface area contributed by atoms with Gasteiger partial charge < -0.3 is 14.8 Å². The van der Waals surface area contributed by atoms with E-state index in [0.29, 0.717) is 6.04 Å². The lowest BCUT2D eigenvalue weighted by molar-refractivity contribution is 0.254. The molecule has 0 amide bonds. The number of benzene rings is 1. The van der Waals surface area contributed by atoms with Gasteiger partial charge in [-0.1, -0.05) is 12.5 Å². The molecule has 3 nitrogen and oxygen atoms in total. The topological polar surface area (TPSA) is 30.5 Å². The van der Waals surface area contributed by atoms with Gasteiger partial charge in [0.05, 0.1) is 14.2 Å². The van der Waals surface area contributed by atoms with Crippen molar-refractivity contribution in [1.29, 1.82) is 0 Å². The van der Waals surface area contributed by atoms with E-state index < -0.39 is 0 Å². The van der Waals surface area contributed by atoms with Gasteiger partial charge in [0.25, 0.3) is 0 Å². The summed E-state index contributed by atoms with van der Waals surface area (Å²) >= 11 is 0. The standard InChI is InChI=1S/C17H25NO2/c1-18-17(15-9-11-4-5-12(15)8-11)14-7-6-13(19-2)10-16(14)20-3/h6-7,10-12,15,17-18H,4-5,8-9H2,1-3H3. The predicted molar refractivity (Wildman–Crippen MR) is 80.3 cm³/mol. The first-order valence-corrected chi connectivity index (χ1v) is 7.66. The van der Waals surface area contributed by atoms with Crippen LogP contribution in [0.5, 0.6) is 11.5 Å². The van der Waals surface area contributed by atoms with Crippen molar-refractivity contribution in [2.45, 2.75) is 31.7 Å². The zero-order chi connectivity index (χ0) is 14.1. The van der Waals surface area contributed by atoms with E-state index >= 15 is 0 Å². The molecule has 0 radical (unpaired) electrons. The average Bonchev–Trinajstić information content (AvgIpc) is 3.11.